The van der Waals surface area contributed by atoms with E-state index in [0.717, 1.165) is 5.56 Å². The van der Waals surface area contributed by atoms with E-state index in [-0.39, 0.29) is 35.5 Å². The molecule has 0 saturated carbocycles. The number of benzene rings is 1. The standard InChI is InChI=1S/C20H22N6O3/c1-10(2)8-14-11(3)21-20-24-19(25-26(20)18(14)29)23-16(27)9-15-12-6-4-5-7-13(12)17(28)22-15/h4-7,10,15H,8-9H2,1-3H3,(H,22,28)(H2,21,23,24,25,27). The van der Waals surface area contributed by atoms with Gasteiger partial charge in [0, 0.05) is 11.1 Å². The van der Waals surface area contributed by atoms with Crippen molar-refractivity contribution >= 4 is 23.5 Å². The highest BCUT2D eigenvalue weighted by molar-refractivity contribution is 6.00. The number of hydrogen-bond acceptors (Lipinski definition) is 5. The summed E-state index contributed by atoms with van der Waals surface area (Å²) < 4.78 is 1.24. The molecule has 1 unspecified atom stereocenters. The van der Waals surface area contributed by atoms with E-state index in [1.165, 1.54) is 4.52 Å². The summed E-state index contributed by atoms with van der Waals surface area (Å²) in [5.41, 5.74) is 2.43. The van der Waals surface area contributed by atoms with Crippen molar-refractivity contribution in [3.05, 3.63) is 57.0 Å². The third-order valence-corrected chi connectivity index (χ3v) is 4.94. The number of nitrogens with one attached hydrogen (secondary N) is 3. The quantitative estimate of drug-likeness (QED) is 0.609. The smallest absolute Gasteiger partial charge is 0.277 e. The summed E-state index contributed by atoms with van der Waals surface area (Å²) in [6.45, 7) is 5.85. The van der Waals surface area contributed by atoms with E-state index in [2.05, 4.69) is 25.7 Å². The van der Waals surface area contributed by atoms with Crippen molar-refractivity contribution in [1.82, 2.24) is 24.9 Å². The topological polar surface area (TPSA) is 121 Å². The van der Waals surface area contributed by atoms with Crippen LogP contribution in [0.25, 0.3) is 5.78 Å². The van der Waals surface area contributed by atoms with Crippen molar-refractivity contribution in [2.24, 2.45) is 5.92 Å². The number of carbonyl (C=O) groups excluding carboxylic acids is 2. The fraction of sp³-hybridized carbons (Fsp3) is 0.350. The largest absolute Gasteiger partial charge is 0.345 e. The van der Waals surface area contributed by atoms with Gasteiger partial charge in [0.2, 0.25) is 11.9 Å². The first-order valence-electron chi connectivity index (χ1n) is 9.51. The Labute approximate surface area is 166 Å². The molecule has 2 amide bonds. The molecule has 0 bridgehead atoms. The van der Waals surface area contributed by atoms with Crippen LogP contribution in [-0.2, 0) is 11.2 Å². The zero-order valence-corrected chi connectivity index (χ0v) is 16.4. The van der Waals surface area contributed by atoms with Crippen LogP contribution in [0.2, 0.25) is 0 Å². The van der Waals surface area contributed by atoms with Crippen molar-refractivity contribution in [3.63, 3.8) is 0 Å². The second kappa shape index (κ2) is 7.16. The van der Waals surface area contributed by atoms with Gasteiger partial charge in [0.15, 0.2) is 0 Å². The zero-order valence-electron chi connectivity index (χ0n) is 16.4. The Bertz CT molecular complexity index is 1180. The molecule has 3 aromatic rings. The second-order valence-corrected chi connectivity index (χ2v) is 7.65. The molecule has 0 aliphatic carbocycles. The number of H-pyrrole nitrogens is 1. The summed E-state index contributed by atoms with van der Waals surface area (Å²) in [6.07, 6.45) is 0.669. The van der Waals surface area contributed by atoms with Gasteiger partial charge in [-0.25, -0.2) is 4.98 Å². The molecule has 0 radical (unpaired) electrons. The van der Waals surface area contributed by atoms with Crippen LogP contribution in [0.1, 0.15) is 53.5 Å². The van der Waals surface area contributed by atoms with Gasteiger partial charge in [0.25, 0.3) is 17.2 Å². The minimum Gasteiger partial charge on any atom is -0.345 e. The lowest BCUT2D eigenvalue weighted by atomic mass is 10.0. The fourth-order valence-corrected chi connectivity index (χ4v) is 3.60. The Hall–Kier alpha value is -3.49. The highest BCUT2D eigenvalue weighted by Gasteiger charge is 2.29. The molecule has 0 saturated heterocycles. The van der Waals surface area contributed by atoms with Crippen molar-refractivity contribution < 1.29 is 9.59 Å². The summed E-state index contributed by atoms with van der Waals surface area (Å²) in [5.74, 6) is 0.130. The van der Waals surface area contributed by atoms with Crippen LogP contribution < -0.4 is 16.2 Å². The van der Waals surface area contributed by atoms with Crippen LogP contribution >= 0.6 is 0 Å². The summed E-state index contributed by atoms with van der Waals surface area (Å²) in [6, 6.07) is 6.78. The molecular weight excluding hydrogens is 372 g/mol. The number of hydrogen-bond donors (Lipinski definition) is 3. The molecule has 150 valence electrons. The van der Waals surface area contributed by atoms with Crippen molar-refractivity contribution in [3.8, 4) is 0 Å². The number of anilines is 1. The van der Waals surface area contributed by atoms with Gasteiger partial charge in [0.1, 0.15) is 0 Å². The summed E-state index contributed by atoms with van der Waals surface area (Å²) in [7, 11) is 0. The highest BCUT2D eigenvalue weighted by Crippen LogP contribution is 2.27. The van der Waals surface area contributed by atoms with Crippen LogP contribution in [0.15, 0.2) is 29.1 Å². The number of aryl methyl sites for hydroxylation is 1. The van der Waals surface area contributed by atoms with Gasteiger partial charge in [-0.2, -0.15) is 9.50 Å². The number of aromatic amines is 1. The molecule has 1 aromatic carbocycles. The van der Waals surface area contributed by atoms with Gasteiger partial charge in [-0.15, -0.1) is 0 Å². The molecule has 4 rings (SSSR count). The molecule has 3 N–H and O–H groups in total. The number of aromatic nitrogens is 4. The Morgan fingerprint density at radius 1 is 1.24 bits per heavy atom. The first-order chi connectivity index (χ1) is 13.8. The molecule has 1 aliphatic heterocycles. The van der Waals surface area contributed by atoms with E-state index in [0.29, 0.717) is 29.2 Å². The van der Waals surface area contributed by atoms with Crippen LogP contribution in [-0.4, -0.2) is 31.4 Å². The predicted octanol–water partition coefficient (Wildman–Crippen LogP) is 1.74. The molecule has 0 spiro atoms. The summed E-state index contributed by atoms with van der Waals surface area (Å²) >= 11 is 0. The number of fused-ring (bicyclic) bond motifs is 2. The molecule has 1 aliphatic rings. The first-order valence-corrected chi connectivity index (χ1v) is 9.51. The third kappa shape index (κ3) is 3.51. The molecular formula is C20H22N6O3. The minimum absolute atomic E-state index is 0.0553. The van der Waals surface area contributed by atoms with E-state index in [1.807, 2.05) is 26.0 Å². The molecule has 9 nitrogen and oxygen atoms in total. The highest BCUT2D eigenvalue weighted by atomic mass is 16.2. The average Bonchev–Trinajstić information content (AvgIpc) is 3.20. The van der Waals surface area contributed by atoms with Gasteiger partial charge in [0.05, 0.1) is 18.2 Å². The summed E-state index contributed by atoms with van der Waals surface area (Å²) in [5, 5.41) is 8.26. The Morgan fingerprint density at radius 3 is 2.76 bits per heavy atom. The number of amides is 2. The lowest BCUT2D eigenvalue weighted by Crippen LogP contribution is -2.25. The summed E-state index contributed by atoms with van der Waals surface area (Å²) in [4.78, 5) is 45.8. The predicted molar refractivity (Wildman–Crippen MR) is 107 cm³/mol. The van der Waals surface area contributed by atoms with Gasteiger partial charge in [-0.05, 0) is 30.9 Å². The normalized spacial score (nSPS) is 15.6. The Morgan fingerprint density at radius 2 is 2.00 bits per heavy atom. The number of nitrogens with zero attached hydrogens (tertiary/aromatic N) is 3. The molecule has 3 heterocycles. The third-order valence-electron chi connectivity index (χ3n) is 4.94. The van der Waals surface area contributed by atoms with E-state index >= 15 is 0 Å². The maximum Gasteiger partial charge on any atom is 0.277 e. The van der Waals surface area contributed by atoms with Crippen LogP contribution in [0.5, 0.6) is 0 Å². The van der Waals surface area contributed by atoms with Gasteiger partial charge >= 0.3 is 0 Å². The maximum atomic E-state index is 12.7. The van der Waals surface area contributed by atoms with Crippen molar-refractivity contribution in [2.75, 3.05) is 5.32 Å². The molecule has 0 fully saturated rings. The fourth-order valence-electron chi connectivity index (χ4n) is 3.60. The number of carbonyl (C=O) groups is 2. The van der Waals surface area contributed by atoms with Crippen LogP contribution in [0.4, 0.5) is 5.95 Å². The SMILES string of the molecule is Cc1nc2nc(NC(=O)CC3NC(=O)c4ccccc43)[nH]n2c(=O)c1CC(C)C. The minimum atomic E-state index is -0.399. The first kappa shape index (κ1) is 18.9. The Balaban J connectivity index is 1.54. The van der Waals surface area contributed by atoms with E-state index in [9.17, 15) is 14.4 Å². The number of rotatable bonds is 5. The van der Waals surface area contributed by atoms with Gasteiger partial charge in [-0.3, -0.25) is 24.8 Å². The molecule has 9 heteroatoms. The van der Waals surface area contributed by atoms with E-state index in [1.54, 1.807) is 19.1 Å². The lowest BCUT2D eigenvalue weighted by molar-refractivity contribution is -0.116. The van der Waals surface area contributed by atoms with Crippen LogP contribution in [0, 0.1) is 12.8 Å². The zero-order chi connectivity index (χ0) is 20.7. The van der Waals surface area contributed by atoms with Gasteiger partial charge < -0.3 is 5.32 Å². The average molecular weight is 394 g/mol. The maximum absolute atomic E-state index is 12.7. The van der Waals surface area contributed by atoms with Crippen molar-refractivity contribution in [1.29, 1.82) is 0 Å². The lowest BCUT2D eigenvalue weighted by Gasteiger charge is -2.10. The molecule has 29 heavy (non-hydrogen) atoms. The molecule has 1 atom stereocenters. The van der Waals surface area contributed by atoms with Gasteiger partial charge in [-0.1, -0.05) is 32.0 Å². The second-order valence-electron chi connectivity index (χ2n) is 7.65. The van der Waals surface area contributed by atoms with Crippen molar-refractivity contribution in [2.45, 2.75) is 39.7 Å². The van der Waals surface area contributed by atoms with E-state index < -0.39 is 6.04 Å². The Kier molecular flexibility index (Phi) is 4.65. The van der Waals surface area contributed by atoms with E-state index in [4.69, 9.17) is 0 Å². The monoisotopic (exact) mass is 394 g/mol. The van der Waals surface area contributed by atoms with Crippen LogP contribution in [0.3, 0.4) is 0 Å². The molecule has 2 aromatic heterocycles.